The predicted molar refractivity (Wildman–Crippen MR) is 101 cm³/mol. The van der Waals surface area contributed by atoms with Crippen LogP contribution in [0.4, 0.5) is 5.82 Å². The van der Waals surface area contributed by atoms with Crippen LogP contribution in [-0.2, 0) is 6.42 Å². The minimum atomic E-state index is -0.170. The van der Waals surface area contributed by atoms with Crippen LogP contribution in [0.2, 0.25) is 0 Å². The highest BCUT2D eigenvalue weighted by Crippen LogP contribution is 2.14. The monoisotopic (exact) mass is 355 g/mol. The Balaban J connectivity index is 1.53. The molecule has 1 aromatic carbocycles. The maximum absolute atomic E-state index is 12.4. The number of methoxy groups -OCH3 is 1. The highest BCUT2D eigenvalue weighted by Gasteiger charge is 2.17. The fourth-order valence-electron chi connectivity index (χ4n) is 2.88. The van der Waals surface area contributed by atoms with Crippen LogP contribution >= 0.6 is 0 Å². The minimum absolute atomic E-state index is 0.170. The molecule has 2 aromatic rings. The molecule has 1 fully saturated rings. The molecule has 0 saturated carbocycles. The number of piperazine rings is 1. The first kappa shape index (κ1) is 18.1. The summed E-state index contributed by atoms with van der Waals surface area (Å²) in [5, 5.41) is 2.93. The number of carbonyl (C=O) groups is 1. The van der Waals surface area contributed by atoms with Crippen molar-refractivity contribution in [2.45, 2.75) is 6.42 Å². The normalized spacial score (nSPS) is 14.9. The van der Waals surface area contributed by atoms with Crippen molar-refractivity contribution in [2.75, 3.05) is 51.8 Å². The number of nitrogens with one attached hydrogen (secondary N) is 1. The van der Waals surface area contributed by atoms with E-state index < -0.39 is 0 Å². The molecule has 7 heteroatoms. The number of benzene rings is 1. The van der Waals surface area contributed by atoms with E-state index in [0.29, 0.717) is 12.2 Å². The summed E-state index contributed by atoms with van der Waals surface area (Å²) in [5.41, 5.74) is 1.55. The minimum Gasteiger partial charge on any atom is -0.497 e. The van der Waals surface area contributed by atoms with Gasteiger partial charge in [0.05, 0.1) is 7.11 Å². The van der Waals surface area contributed by atoms with Gasteiger partial charge < -0.3 is 19.9 Å². The fraction of sp³-hybridized carbons (Fsp3) is 0.421. The van der Waals surface area contributed by atoms with E-state index in [1.807, 2.05) is 24.3 Å². The zero-order valence-corrected chi connectivity index (χ0v) is 15.3. The van der Waals surface area contributed by atoms with Gasteiger partial charge in [0.2, 0.25) is 0 Å². The first-order valence-corrected chi connectivity index (χ1v) is 8.82. The van der Waals surface area contributed by atoms with Gasteiger partial charge in [0, 0.05) is 38.8 Å². The molecule has 0 spiro atoms. The van der Waals surface area contributed by atoms with E-state index in [1.54, 1.807) is 13.2 Å². The molecule has 2 heterocycles. The number of aromatic nitrogens is 2. The van der Waals surface area contributed by atoms with Crippen molar-refractivity contribution in [3.63, 3.8) is 0 Å². The summed E-state index contributed by atoms with van der Waals surface area (Å²) < 4.78 is 5.15. The maximum atomic E-state index is 12.4. The molecule has 0 aliphatic carbocycles. The molecule has 1 amide bonds. The number of anilines is 1. The van der Waals surface area contributed by atoms with Gasteiger partial charge in [-0.05, 0) is 31.2 Å². The number of carbonyl (C=O) groups excluding carboxylic acids is 1. The van der Waals surface area contributed by atoms with E-state index in [1.165, 1.54) is 6.33 Å². The Hall–Kier alpha value is -2.67. The quantitative estimate of drug-likeness (QED) is 0.840. The van der Waals surface area contributed by atoms with E-state index in [0.717, 1.165) is 49.7 Å². The molecule has 1 aliphatic rings. The summed E-state index contributed by atoms with van der Waals surface area (Å²) in [6.07, 6.45) is 2.22. The molecule has 7 nitrogen and oxygen atoms in total. The Morgan fingerprint density at radius 2 is 1.88 bits per heavy atom. The molecule has 138 valence electrons. The lowest BCUT2D eigenvalue weighted by atomic mass is 10.1. The van der Waals surface area contributed by atoms with Crippen molar-refractivity contribution in [1.82, 2.24) is 20.2 Å². The van der Waals surface area contributed by atoms with E-state index in [2.05, 4.69) is 32.1 Å². The number of rotatable bonds is 6. The summed E-state index contributed by atoms with van der Waals surface area (Å²) in [6.45, 7) is 4.36. The maximum Gasteiger partial charge on any atom is 0.270 e. The number of amides is 1. The Bertz CT molecular complexity index is 727. The molecule has 0 atom stereocenters. The summed E-state index contributed by atoms with van der Waals surface area (Å²) in [5.74, 6) is 1.47. The number of likely N-dealkylation sites (N-methyl/N-ethyl adjacent to an activating group) is 1. The number of nitrogens with zero attached hydrogens (tertiary/aromatic N) is 4. The number of ether oxygens (including phenoxy) is 1. The van der Waals surface area contributed by atoms with Gasteiger partial charge in [0.15, 0.2) is 0 Å². The lowest BCUT2D eigenvalue weighted by Crippen LogP contribution is -2.45. The Kier molecular flexibility index (Phi) is 6.01. The van der Waals surface area contributed by atoms with Gasteiger partial charge in [0.1, 0.15) is 23.6 Å². The van der Waals surface area contributed by atoms with Crippen LogP contribution in [0.15, 0.2) is 36.7 Å². The zero-order chi connectivity index (χ0) is 18.4. The van der Waals surface area contributed by atoms with Crippen molar-refractivity contribution in [2.24, 2.45) is 0 Å². The summed E-state index contributed by atoms with van der Waals surface area (Å²) in [7, 11) is 3.76. The predicted octanol–water partition coefficient (Wildman–Crippen LogP) is 1.21. The molecule has 26 heavy (non-hydrogen) atoms. The lowest BCUT2D eigenvalue weighted by Gasteiger charge is -2.33. The Labute approximate surface area is 154 Å². The van der Waals surface area contributed by atoms with Gasteiger partial charge in [-0.25, -0.2) is 9.97 Å². The molecule has 0 radical (unpaired) electrons. The molecule has 1 aromatic heterocycles. The highest BCUT2D eigenvalue weighted by molar-refractivity contribution is 5.92. The average molecular weight is 355 g/mol. The Morgan fingerprint density at radius 3 is 2.58 bits per heavy atom. The standard InChI is InChI=1S/C19H25N5O2/c1-23-9-11-24(12-10-23)18-13-17(21-14-22-18)19(25)20-8-7-15-3-5-16(26-2)6-4-15/h3-6,13-14H,7-12H2,1-2H3,(H,20,25). The van der Waals surface area contributed by atoms with Crippen molar-refractivity contribution >= 4 is 11.7 Å². The second-order valence-corrected chi connectivity index (χ2v) is 6.41. The van der Waals surface area contributed by atoms with E-state index in [4.69, 9.17) is 4.74 Å². The van der Waals surface area contributed by atoms with E-state index >= 15 is 0 Å². The van der Waals surface area contributed by atoms with Gasteiger partial charge in [-0.2, -0.15) is 0 Å². The summed E-state index contributed by atoms with van der Waals surface area (Å²) in [6, 6.07) is 9.62. The molecule has 0 unspecified atom stereocenters. The average Bonchev–Trinajstić information content (AvgIpc) is 2.69. The van der Waals surface area contributed by atoms with Crippen molar-refractivity contribution in [1.29, 1.82) is 0 Å². The van der Waals surface area contributed by atoms with Crippen molar-refractivity contribution < 1.29 is 9.53 Å². The molecule has 0 bridgehead atoms. The smallest absolute Gasteiger partial charge is 0.270 e. The third-order valence-corrected chi connectivity index (χ3v) is 4.57. The van der Waals surface area contributed by atoms with Crippen LogP contribution in [0.3, 0.4) is 0 Å². The second kappa shape index (κ2) is 8.62. The van der Waals surface area contributed by atoms with E-state index in [9.17, 15) is 4.79 Å². The number of hydrogen-bond acceptors (Lipinski definition) is 6. The van der Waals surface area contributed by atoms with Gasteiger partial charge in [-0.15, -0.1) is 0 Å². The van der Waals surface area contributed by atoms with E-state index in [-0.39, 0.29) is 5.91 Å². The third kappa shape index (κ3) is 4.70. The molecular formula is C19H25N5O2. The largest absolute Gasteiger partial charge is 0.497 e. The van der Waals surface area contributed by atoms with Crippen LogP contribution < -0.4 is 15.0 Å². The highest BCUT2D eigenvalue weighted by atomic mass is 16.5. The zero-order valence-electron chi connectivity index (χ0n) is 15.3. The third-order valence-electron chi connectivity index (χ3n) is 4.57. The first-order valence-electron chi connectivity index (χ1n) is 8.82. The molecular weight excluding hydrogens is 330 g/mol. The van der Waals surface area contributed by atoms with Gasteiger partial charge >= 0.3 is 0 Å². The topological polar surface area (TPSA) is 70.6 Å². The van der Waals surface area contributed by atoms with Crippen molar-refractivity contribution in [3.05, 3.63) is 47.9 Å². The molecule has 1 saturated heterocycles. The molecule has 1 aliphatic heterocycles. The summed E-state index contributed by atoms with van der Waals surface area (Å²) in [4.78, 5) is 25.3. The molecule has 1 N–H and O–H groups in total. The van der Waals surface area contributed by atoms with Crippen LogP contribution in [0, 0.1) is 0 Å². The van der Waals surface area contributed by atoms with Crippen LogP contribution in [0.25, 0.3) is 0 Å². The van der Waals surface area contributed by atoms with Crippen molar-refractivity contribution in [3.8, 4) is 5.75 Å². The van der Waals surface area contributed by atoms with Crippen LogP contribution in [-0.4, -0.2) is 67.7 Å². The Morgan fingerprint density at radius 1 is 1.15 bits per heavy atom. The second-order valence-electron chi connectivity index (χ2n) is 6.41. The lowest BCUT2D eigenvalue weighted by molar-refractivity contribution is 0.0949. The molecule has 3 rings (SSSR count). The van der Waals surface area contributed by atoms with Crippen LogP contribution in [0.5, 0.6) is 5.75 Å². The number of hydrogen-bond donors (Lipinski definition) is 1. The fourth-order valence-corrected chi connectivity index (χ4v) is 2.88. The van der Waals surface area contributed by atoms with Crippen LogP contribution in [0.1, 0.15) is 16.1 Å². The SMILES string of the molecule is COc1ccc(CCNC(=O)c2cc(N3CCN(C)CC3)ncn2)cc1. The van der Waals surface area contributed by atoms with Gasteiger partial charge in [-0.1, -0.05) is 12.1 Å². The van der Waals surface area contributed by atoms with Gasteiger partial charge in [-0.3, -0.25) is 4.79 Å². The van der Waals surface area contributed by atoms with Gasteiger partial charge in [0.25, 0.3) is 5.91 Å². The first-order chi connectivity index (χ1) is 12.7. The summed E-state index contributed by atoms with van der Waals surface area (Å²) >= 11 is 0.